The fraction of sp³-hybridized carbons (Fsp3) is 1.00. The van der Waals surface area contributed by atoms with Gasteiger partial charge in [-0.25, -0.2) is 0 Å². The first-order valence-corrected chi connectivity index (χ1v) is 6.27. The van der Waals surface area contributed by atoms with Gasteiger partial charge in [-0.3, -0.25) is 0 Å². The topological polar surface area (TPSA) is 26.0 Å². The van der Waals surface area contributed by atoms with Gasteiger partial charge in [0, 0.05) is 5.54 Å². The average molecular weight is 233 g/mol. The molecule has 15 heavy (non-hydrogen) atoms. The van der Waals surface area contributed by atoms with E-state index in [2.05, 4.69) is 27.7 Å². The van der Waals surface area contributed by atoms with E-state index >= 15 is 0 Å². The lowest BCUT2D eigenvalue weighted by Crippen LogP contribution is -2.39. The van der Waals surface area contributed by atoms with Gasteiger partial charge in [0.1, 0.15) is 0 Å². The van der Waals surface area contributed by atoms with Crippen LogP contribution in [-0.2, 0) is 0 Å². The van der Waals surface area contributed by atoms with Crippen LogP contribution in [0.25, 0.3) is 0 Å². The molecule has 0 heterocycles. The highest BCUT2D eigenvalue weighted by molar-refractivity contribution is 6.92. The van der Waals surface area contributed by atoms with Gasteiger partial charge in [-0.2, -0.15) is 9.90 Å². The standard InChI is InChI=1S/C13H29N.H3P/c1-5-6-7-8-9-10-11-12(2)13(3,4)14;/h12H,5-11,14H2,1-4H3;1H3. The SMILES string of the molecule is CCCCCCCCC(C)C(C)(C)N.P. The van der Waals surface area contributed by atoms with Gasteiger partial charge in [0.15, 0.2) is 0 Å². The van der Waals surface area contributed by atoms with Crippen molar-refractivity contribution in [3.05, 3.63) is 0 Å². The quantitative estimate of drug-likeness (QED) is 0.494. The van der Waals surface area contributed by atoms with Crippen molar-refractivity contribution in [1.29, 1.82) is 0 Å². The number of unbranched alkanes of at least 4 members (excludes halogenated alkanes) is 5. The summed E-state index contributed by atoms with van der Waals surface area (Å²) in [6, 6.07) is 0. The molecular formula is C13H32NP. The molecular weight excluding hydrogens is 201 g/mol. The first-order chi connectivity index (χ1) is 6.48. The Morgan fingerprint density at radius 1 is 1.00 bits per heavy atom. The molecule has 2 heteroatoms. The van der Waals surface area contributed by atoms with Crippen molar-refractivity contribution >= 4 is 9.90 Å². The van der Waals surface area contributed by atoms with Crippen LogP contribution in [-0.4, -0.2) is 5.54 Å². The van der Waals surface area contributed by atoms with Crippen molar-refractivity contribution in [2.45, 2.75) is 78.2 Å². The van der Waals surface area contributed by atoms with Crippen molar-refractivity contribution in [3.63, 3.8) is 0 Å². The molecule has 0 amide bonds. The molecule has 1 nitrogen and oxygen atoms in total. The summed E-state index contributed by atoms with van der Waals surface area (Å²) in [6.07, 6.45) is 9.59. The lowest BCUT2D eigenvalue weighted by atomic mass is 9.86. The van der Waals surface area contributed by atoms with Gasteiger partial charge >= 0.3 is 0 Å². The van der Waals surface area contributed by atoms with Gasteiger partial charge in [-0.15, -0.1) is 0 Å². The number of hydrogen-bond acceptors (Lipinski definition) is 1. The monoisotopic (exact) mass is 233 g/mol. The van der Waals surface area contributed by atoms with Crippen molar-refractivity contribution < 1.29 is 0 Å². The fourth-order valence-electron chi connectivity index (χ4n) is 1.60. The predicted molar refractivity (Wildman–Crippen MR) is 76.5 cm³/mol. The van der Waals surface area contributed by atoms with Gasteiger partial charge in [0.2, 0.25) is 0 Å². The molecule has 2 atom stereocenters. The van der Waals surface area contributed by atoms with Crippen LogP contribution >= 0.6 is 9.90 Å². The summed E-state index contributed by atoms with van der Waals surface area (Å²) < 4.78 is 0. The molecule has 0 aliphatic heterocycles. The lowest BCUT2D eigenvalue weighted by molar-refractivity contribution is 0.316. The van der Waals surface area contributed by atoms with Crippen LogP contribution in [0.3, 0.4) is 0 Å². The Hall–Kier alpha value is 0.390. The second-order valence-electron chi connectivity index (χ2n) is 5.28. The summed E-state index contributed by atoms with van der Waals surface area (Å²) in [4.78, 5) is 0. The summed E-state index contributed by atoms with van der Waals surface area (Å²) in [5.74, 6) is 0.647. The Bertz CT molecular complexity index is 129. The molecule has 0 aromatic carbocycles. The zero-order valence-electron chi connectivity index (χ0n) is 11.3. The van der Waals surface area contributed by atoms with E-state index in [1.807, 2.05) is 0 Å². The maximum Gasteiger partial charge on any atom is 0.0123 e. The van der Waals surface area contributed by atoms with E-state index < -0.39 is 0 Å². The minimum atomic E-state index is 0. The molecule has 0 rings (SSSR count). The van der Waals surface area contributed by atoms with E-state index in [9.17, 15) is 0 Å². The van der Waals surface area contributed by atoms with Gasteiger partial charge < -0.3 is 5.73 Å². The first-order valence-electron chi connectivity index (χ1n) is 6.27. The molecule has 94 valence electrons. The van der Waals surface area contributed by atoms with E-state index in [0.29, 0.717) is 5.92 Å². The summed E-state index contributed by atoms with van der Waals surface area (Å²) in [5.41, 5.74) is 6.04. The van der Waals surface area contributed by atoms with E-state index in [4.69, 9.17) is 5.73 Å². The molecule has 0 bridgehead atoms. The third-order valence-corrected chi connectivity index (χ3v) is 3.26. The van der Waals surface area contributed by atoms with Gasteiger partial charge in [0.25, 0.3) is 0 Å². The molecule has 0 spiro atoms. The molecule has 2 unspecified atom stereocenters. The molecule has 0 aromatic rings. The zero-order chi connectivity index (χ0) is 11.0. The molecule has 0 fully saturated rings. The van der Waals surface area contributed by atoms with Crippen LogP contribution < -0.4 is 5.73 Å². The highest BCUT2D eigenvalue weighted by Gasteiger charge is 2.19. The lowest BCUT2D eigenvalue weighted by Gasteiger charge is -2.27. The van der Waals surface area contributed by atoms with Gasteiger partial charge in [-0.1, -0.05) is 52.4 Å². The first kappa shape index (κ1) is 17.8. The second kappa shape index (κ2) is 9.60. The Kier molecular flexibility index (Phi) is 11.4. The highest BCUT2D eigenvalue weighted by atomic mass is 31.0. The second-order valence-corrected chi connectivity index (χ2v) is 5.28. The maximum atomic E-state index is 6.04. The van der Waals surface area contributed by atoms with Crippen molar-refractivity contribution in [2.24, 2.45) is 11.7 Å². The third kappa shape index (κ3) is 10.7. The number of nitrogens with two attached hydrogens (primary N) is 1. The van der Waals surface area contributed by atoms with Crippen LogP contribution in [0.15, 0.2) is 0 Å². The van der Waals surface area contributed by atoms with Crippen LogP contribution in [0.1, 0.15) is 72.6 Å². The summed E-state index contributed by atoms with van der Waals surface area (Å²) in [5, 5.41) is 0. The molecule has 2 N–H and O–H groups in total. The summed E-state index contributed by atoms with van der Waals surface area (Å²) in [6.45, 7) is 8.80. The molecule has 0 saturated carbocycles. The maximum absolute atomic E-state index is 6.04. The molecule has 0 saturated heterocycles. The van der Waals surface area contributed by atoms with E-state index in [0.717, 1.165) is 0 Å². The summed E-state index contributed by atoms with van der Waals surface area (Å²) in [7, 11) is 0. The van der Waals surface area contributed by atoms with Crippen LogP contribution in [0.5, 0.6) is 0 Å². The van der Waals surface area contributed by atoms with Crippen LogP contribution in [0.2, 0.25) is 0 Å². The van der Waals surface area contributed by atoms with Crippen LogP contribution in [0, 0.1) is 5.92 Å². The Balaban J connectivity index is 0. The number of rotatable bonds is 8. The van der Waals surface area contributed by atoms with Gasteiger partial charge in [0.05, 0.1) is 0 Å². The summed E-state index contributed by atoms with van der Waals surface area (Å²) >= 11 is 0. The number of hydrogen-bond donors (Lipinski definition) is 1. The molecule has 0 radical (unpaired) electrons. The molecule has 0 aliphatic carbocycles. The minimum absolute atomic E-state index is 0. The molecule has 0 aliphatic rings. The molecule has 0 aromatic heterocycles. The van der Waals surface area contributed by atoms with E-state index in [1.54, 1.807) is 0 Å². The van der Waals surface area contributed by atoms with Crippen molar-refractivity contribution in [1.82, 2.24) is 0 Å². The normalized spacial score (nSPS) is 13.4. The van der Waals surface area contributed by atoms with E-state index in [-0.39, 0.29) is 15.4 Å². The van der Waals surface area contributed by atoms with Crippen molar-refractivity contribution in [2.75, 3.05) is 0 Å². The highest BCUT2D eigenvalue weighted by Crippen LogP contribution is 2.20. The minimum Gasteiger partial charge on any atom is -0.325 e. The van der Waals surface area contributed by atoms with Crippen LogP contribution in [0.4, 0.5) is 0 Å². The smallest absolute Gasteiger partial charge is 0.0123 e. The van der Waals surface area contributed by atoms with Crippen molar-refractivity contribution in [3.8, 4) is 0 Å². The average Bonchev–Trinajstić information content (AvgIpc) is 2.09. The largest absolute Gasteiger partial charge is 0.325 e. The Labute approximate surface area is 100 Å². The predicted octanol–water partition coefficient (Wildman–Crippen LogP) is 4.17. The fourth-order valence-corrected chi connectivity index (χ4v) is 1.60. The Morgan fingerprint density at radius 2 is 1.47 bits per heavy atom. The zero-order valence-corrected chi connectivity index (χ0v) is 12.7. The van der Waals surface area contributed by atoms with E-state index in [1.165, 1.54) is 44.9 Å². The Morgan fingerprint density at radius 3 is 1.93 bits per heavy atom. The van der Waals surface area contributed by atoms with Gasteiger partial charge in [-0.05, 0) is 26.2 Å². The third-order valence-electron chi connectivity index (χ3n) is 3.26.